The summed E-state index contributed by atoms with van der Waals surface area (Å²) in [4.78, 5) is 2.40. The third-order valence-electron chi connectivity index (χ3n) is 4.15. The molecule has 1 aromatic carbocycles. The summed E-state index contributed by atoms with van der Waals surface area (Å²) in [7, 11) is -3.41. The second kappa shape index (κ2) is 7.97. The lowest BCUT2D eigenvalue weighted by molar-refractivity contribution is -0.0704. The van der Waals surface area contributed by atoms with E-state index in [1.165, 1.54) is 16.9 Å². The molecule has 7 heteroatoms. The predicted molar refractivity (Wildman–Crippen MR) is 100 cm³/mol. The molecular formula is C18H24N2O3S2. The van der Waals surface area contributed by atoms with Crippen LogP contribution in [-0.2, 0) is 27.8 Å². The van der Waals surface area contributed by atoms with Gasteiger partial charge in [-0.05, 0) is 36.4 Å². The Labute approximate surface area is 153 Å². The first-order valence-electron chi connectivity index (χ1n) is 8.41. The van der Waals surface area contributed by atoms with Crippen LogP contribution in [0.2, 0.25) is 0 Å². The summed E-state index contributed by atoms with van der Waals surface area (Å²) in [5.41, 5.74) is 2.18. The lowest BCUT2D eigenvalue weighted by Crippen LogP contribution is -2.44. The minimum atomic E-state index is -3.41. The first-order valence-corrected chi connectivity index (χ1v) is 10.8. The number of hydrogen-bond acceptors (Lipinski definition) is 5. The fourth-order valence-electron chi connectivity index (χ4n) is 3.10. The second-order valence-corrected chi connectivity index (χ2v) is 9.47. The van der Waals surface area contributed by atoms with Gasteiger partial charge in [-0.25, -0.2) is 13.1 Å². The Morgan fingerprint density at radius 2 is 1.76 bits per heavy atom. The molecule has 0 saturated carbocycles. The molecule has 136 valence electrons. The number of sulfonamides is 1. The summed E-state index contributed by atoms with van der Waals surface area (Å²) in [5, 5.41) is 1.76. The molecule has 2 atom stereocenters. The highest BCUT2D eigenvalue weighted by atomic mass is 32.2. The van der Waals surface area contributed by atoms with Gasteiger partial charge in [0.25, 0.3) is 0 Å². The molecule has 2 aromatic rings. The first-order chi connectivity index (χ1) is 11.9. The van der Waals surface area contributed by atoms with E-state index in [1.807, 2.05) is 12.1 Å². The van der Waals surface area contributed by atoms with E-state index in [1.54, 1.807) is 17.5 Å². The Bertz CT molecular complexity index is 763. The lowest BCUT2D eigenvalue weighted by Gasteiger charge is -2.35. The maximum atomic E-state index is 12.1. The third kappa shape index (κ3) is 5.12. The smallest absolute Gasteiger partial charge is 0.250 e. The summed E-state index contributed by atoms with van der Waals surface area (Å²) < 4.78 is 33.0. The van der Waals surface area contributed by atoms with Crippen LogP contribution in [0.25, 0.3) is 0 Å². The number of nitrogens with one attached hydrogen (secondary N) is 1. The quantitative estimate of drug-likeness (QED) is 0.837. The van der Waals surface area contributed by atoms with Crippen LogP contribution in [0.1, 0.15) is 25.0 Å². The van der Waals surface area contributed by atoms with Gasteiger partial charge in [-0.1, -0.05) is 30.3 Å². The van der Waals surface area contributed by atoms with Crippen molar-refractivity contribution in [3.8, 4) is 0 Å². The van der Waals surface area contributed by atoms with Gasteiger partial charge in [-0.15, -0.1) is 11.3 Å². The van der Waals surface area contributed by atoms with Crippen LogP contribution in [0.4, 0.5) is 0 Å². The molecule has 0 spiro atoms. The Hall–Kier alpha value is -1.25. The van der Waals surface area contributed by atoms with Crippen LogP contribution in [0, 0.1) is 0 Å². The van der Waals surface area contributed by atoms with Crippen LogP contribution < -0.4 is 4.72 Å². The van der Waals surface area contributed by atoms with Gasteiger partial charge in [0.15, 0.2) is 0 Å². The average molecular weight is 381 g/mol. The zero-order valence-electron chi connectivity index (χ0n) is 14.5. The molecule has 0 amide bonds. The van der Waals surface area contributed by atoms with Crippen molar-refractivity contribution < 1.29 is 13.2 Å². The molecule has 1 aliphatic heterocycles. The Balaban J connectivity index is 1.55. The van der Waals surface area contributed by atoms with Gasteiger partial charge < -0.3 is 4.74 Å². The number of thiophene rings is 1. The molecule has 5 nitrogen and oxygen atoms in total. The molecule has 1 N–H and O–H groups in total. The topological polar surface area (TPSA) is 58.6 Å². The molecule has 0 aliphatic carbocycles. The SMILES string of the molecule is C[C@@H]1CN(Cc2ccc(CNS(=O)(=O)c3cccs3)cc2)C[C@@H](C)O1. The van der Waals surface area contributed by atoms with E-state index in [2.05, 4.69) is 35.6 Å². The molecule has 0 bridgehead atoms. The van der Waals surface area contributed by atoms with Gasteiger partial charge in [0.1, 0.15) is 4.21 Å². The van der Waals surface area contributed by atoms with Crippen molar-refractivity contribution in [2.24, 2.45) is 0 Å². The monoisotopic (exact) mass is 380 g/mol. The van der Waals surface area contributed by atoms with Crippen molar-refractivity contribution in [1.82, 2.24) is 9.62 Å². The highest BCUT2D eigenvalue weighted by Gasteiger charge is 2.22. The van der Waals surface area contributed by atoms with Crippen LogP contribution in [0.3, 0.4) is 0 Å². The van der Waals surface area contributed by atoms with Crippen molar-refractivity contribution in [3.63, 3.8) is 0 Å². The Morgan fingerprint density at radius 3 is 2.36 bits per heavy atom. The Morgan fingerprint density at radius 1 is 1.12 bits per heavy atom. The summed E-state index contributed by atoms with van der Waals surface area (Å²) in [6.07, 6.45) is 0.518. The van der Waals surface area contributed by atoms with Crippen LogP contribution >= 0.6 is 11.3 Å². The summed E-state index contributed by atoms with van der Waals surface area (Å²) in [5.74, 6) is 0. The molecule has 0 unspecified atom stereocenters. The minimum absolute atomic E-state index is 0.259. The second-order valence-electron chi connectivity index (χ2n) is 6.52. The van der Waals surface area contributed by atoms with Gasteiger partial charge in [-0.3, -0.25) is 4.90 Å². The minimum Gasteiger partial charge on any atom is -0.373 e. The van der Waals surface area contributed by atoms with Crippen LogP contribution in [0.15, 0.2) is 46.0 Å². The third-order valence-corrected chi connectivity index (χ3v) is 6.95. The highest BCUT2D eigenvalue weighted by molar-refractivity contribution is 7.91. The maximum absolute atomic E-state index is 12.1. The van der Waals surface area contributed by atoms with E-state index < -0.39 is 10.0 Å². The highest BCUT2D eigenvalue weighted by Crippen LogP contribution is 2.17. The van der Waals surface area contributed by atoms with Crippen molar-refractivity contribution >= 4 is 21.4 Å². The fourth-order valence-corrected chi connectivity index (χ4v) is 5.16. The van der Waals surface area contributed by atoms with E-state index in [4.69, 9.17) is 4.74 Å². The number of benzene rings is 1. The molecule has 3 rings (SSSR count). The summed E-state index contributed by atoms with van der Waals surface area (Å²) >= 11 is 1.22. The normalized spacial score (nSPS) is 22.2. The predicted octanol–water partition coefficient (Wildman–Crippen LogP) is 2.84. The van der Waals surface area contributed by atoms with Crippen molar-refractivity contribution in [2.45, 2.75) is 43.4 Å². The standard InChI is InChI=1S/C18H24N2O3S2/c1-14-11-20(12-15(2)23-14)13-17-7-5-16(6-8-17)10-19-25(21,22)18-4-3-9-24-18/h3-9,14-15,19H,10-13H2,1-2H3/t14-,15-/m1/s1. The average Bonchev–Trinajstić information content (AvgIpc) is 3.09. The Kier molecular flexibility index (Phi) is 5.91. The molecule has 25 heavy (non-hydrogen) atoms. The number of morpholine rings is 1. The first kappa shape index (κ1) is 18.5. The van der Waals surface area contributed by atoms with E-state index in [0.29, 0.717) is 10.8 Å². The molecule has 1 aliphatic rings. The number of rotatable bonds is 6. The van der Waals surface area contributed by atoms with Crippen molar-refractivity contribution in [3.05, 3.63) is 52.9 Å². The molecule has 1 fully saturated rings. The summed E-state index contributed by atoms with van der Waals surface area (Å²) in [6.45, 7) is 7.27. The number of hydrogen-bond donors (Lipinski definition) is 1. The van der Waals surface area contributed by atoms with Crippen LogP contribution in [0.5, 0.6) is 0 Å². The molecule has 1 saturated heterocycles. The molecule has 0 radical (unpaired) electrons. The number of nitrogens with zero attached hydrogens (tertiary/aromatic N) is 1. The van der Waals surface area contributed by atoms with E-state index in [-0.39, 0.29) is 12.2 Å². The van der Waals surface area contributed by atoms with Gasteiger partial charge in [-0.2, -0.15) is 0 Å². The summed E-state index contributed by atoms with van der Waals surface area (Å²) in [6, 6.07) is 11.5. The van der Waals surface area contributed by atoms with Gasteiger partial charge in [0.05, 0.1) is 12.2 Å². The van der Waals surface area contributed by atoms with E-state index >= 15 is 0 Å². The van der Waals surface area contributed by atoms with Crippen molar-refractivity contribution in [2.75, 3.05) is 13.1 Å². The van der Waals surface area contributed by atoms with Gasteiger partial charge in [0, 0.05) is 26.2 Å². The zero-order valence-corrected chi connectivity index (χ0v) is 16.1. The fraction of sp³-hybridized carbons (Fsp3) is 0.444. The van der Waals surface area contributed by atoms with E-state index in [0.717, 1.165) is 25.2 Å². The molecule has 1 aromatic heterocycles. The van der Waals surface area contributed by atoms with Gasteiger partial charge >= 0.3 is 0 Å². The van der Waals surface area contributed by atoms with Crippen molar-refractivity contribution in [1.29, 1.82) is 0 Å². The van der Waals surface area contributed by atoms with Gasteiger partial charge in [0.2, 0.25) is 10.0 Å². The molecular weight excluding hydrogens is 356 g/mol. The zero-order chi connectivity index (χ0) is 17.9. The largest absolute Gasteiger partial charge is 0.373 e. The van der Waals surface area contributed by atoms with E-state index in [9.17, 15) is 8.42 Å². The lowest BCUT2D eigenvalue weighted by atomic mass is 10.1. The maximum Gasteiger partial charge on any atom is 0.250 e. The number of ether oxygens (including phenoxy) is 1. The van der Waals surface area contributed by atoms with Crippen LogP contribution in [-0.4, -0.2) is 38.6 Å². The molecule has 2 heterocycles.